The zero-order valence-corrected chi connectivity index (χ0v) is 16.8. The summed E-state index contributed by atoms with van der Waals surface area (Å²) in [5.41, 5.74) is 3.94. The van der Waals surface area contributed by atoms with E-state index in [-0.39, 0.29) is 12.0 Å². The molecule has 2 heterocycles. The van der Waals surface area contributed by atoms with Crippen LogP contribution in [-0.2, 0) is 17.6 Å². The minimum atomic E-state index is -0.121. The fourth-order valence-corrected chi connectivity index (χ4v) is 3.71. The number of nitrogens with one attached hydrogen (secondary N) is 1. The number of rotatable bonds is 6. The molecule has 1 amide bonds. The third-order valence-corrected chi connectivity index (χ3v) is 5.12. The Morgan fingerprint density at radius 1 is 1.21 bits per heavy atom. The molecule has 29 heavy (non-hydrogen) atoms. The van der Waals surface area contributed by atoms with Gasteiger partial charge in [-0.2, -0.15) is 0 Å². The van der Waals surface area contributed by atoms with E-state index < -0.39 is 0 Å². The quantitative estimate of drug-likeness (QED) is 0.667. The molecule has 0 bridgehead atoms. The van der Waals surface area contributed by atoms with Gasteiger partial charge in [0.1, 0.15) is 17.6 Å². The molecule has 1 atom stereocenters. The number of hydrogen-bond donors (Lipinski definition) is 1. The number of ether oxygens (including phenoxy) is 2. The molecule has 6 heteroatoms. The molecular weight excluding hydrogens is 388 g/mol. The van der Waals surface area contributed by atoms with Crippen molar-refractivity contribution >= 4 is 17.5 Å². The lowest BCUT2D eigenvalue weighted by Gasteiger charge is -2.14. The molecule has 1 aromatic heterocycles. The van der Waals surface area contributed by atoms with Crippen LogP contribution in [0.5, 0.6) is 11.5 Å². The molecule has 0 spiro atoms. The van der Waals surface area contributed by atoms with Gasteiger partial charge < -0.3 is 14.8 Å². The number of benzene rings is 2. The van der Waals surface area contributed by atoms with Crippen molar-refractivity contribution < 1.29 is 14.3 Å². The number of fused-ring (bicyclic) bond motifs is 1. The van der Waals surface area contributed by atoms with E-state index >= 15 is 0 Å². The number of pyridine rings is 1. The van der Waals surface area contributed by atoms with Crippen LogP contribution in [0.2, 0.25) is 5.02 Å². The summed E-state index contributed by atoms with van der Waals surface area (Å²) in [7, 11) is 1.62. The number of halogens is 1. The van der Waals surface area contributed by atoms with Crippen molar-refractivity contribution in [1.29, 1.82) is 0 Å². The number of carbonyl (C=O) groups is 1. The SMILES string of the molecule is COc1ccc(CC(=O)NCC2Cc3cc(Cl)cc(-c4ccncc4)c3O2)cc1. The Hall–Kier alpha value is -3.05. The molecule has 3 aromatic rings. The molecule has 0 saturated heterocycles. The highest BCUT2D eigenvalue weighted by molar-refractivity contribution is 6.31. The largest absolute Gasteiger partial charge is 0.497 e. The topological polar surface area (TPSA) is 60.5 Å². The number of amides is 1. The molecule has 2 aromatic carbocycles. The van der Waals surface area contributed by atoms with Crippen LogP contribution >= 0.6 is 11.6 Å². The minimum Gasteiger partial charge on any atom is -0.497 e. The number of aromatic nitrogens is 1. The Morgan fingerprint density at radius 3 is 2.69 bits per heavy atom. The summed E-state index contributed by atoms with van der Waals surface area (Å²) in [5, 5.41) is 3.64. The monoisotopic (exact) mass is 408 g/mol. The van der Waals surface area contributed by atoms with Gasteiger partial charge in [0.05, 0.1) is 20.1 Å². The van der Waals surface area contributed by atoms with Crippen molar-refractivity contribution in [2.45, 2.75) is 18.9 Å². The van der Waals surface area contributed by atoms with Crippen LogP contribution < -0.4 is 14.8 Å². The highest BCUT2D eigenvalue weighted by atomic mass is 35.5. The lowest BCUT2D eigenvalue weighted by Crippen LogP contribution is -2.35. The second-order valence-corrected chi connectivity index (χ2v) is 7.39. The molecular formula is C23H21ClN2O3. The molecule has 4 rings (SSSR count). The number of carbonyl (C=O) groups excluding carboxylic acids is 1. The zero-order valence-electron chi connectivity index (χ0n) is 16.0. The van der Waals surface area contributed by atoms with Crippen LogP contribution in [0.25, 0.3) is 11.1 Å². The molecule has 0 radical (unpaired) electrons. The average Bonchev–Trinajstić information content (AvgIpc) is 3.15. The maximum atomic E-state index is 12.3. The molecule has 1 N–H and O–H groups in total. The molecule has 1 aliphatic rings. The summed E-state index contributed by atoms with van der Waals surface area (Å²) in [6, 6.07) is 15.2. The Balaban J connectivity index is 1.39. The van der Waals surface area contributed by atoms with Gasteiger partial charge in [0.15, 0.2) is 0 Å². The fourth-order valence-electron chi connectivity index (χ4n) is 3.47. The van der Waals surface area contributed by atoms with E-state index in [4.69, 9.17) is 21.1 Å². The maximum Gasteiger partial charge on any atom is 0.224 e. The predicted molar refractivity (Wildman–Crippen MR) is 113 cm³/mol. The first-order valence-electron chi connectivity index (χ1n) is 9.41. The van der Waals surface area contributed by atoms with Crippen molar-refractivity contribution in [3.8, 4) is 22.6 Å². The first-order chi connectivity index (χ1) is 14.1. The minimum absolute atomic E-state index is 0.0397. The zero-order chi connectivity index (χ0) is 20.2. The van der Waals surface area contributed by atoms with Gasteiger partial charge in [0.25, 0.3) is 0 Å². The second-order valence-electron chi connectivity index (χ2n) is 6.95. The van der Waals surface area contributed by atoms with E-state index in [1.54, 1.807) is 19.5 Å². The highest BCUT2D eigenvalue weighted by Gasteiger charge is 2.27. The first-order valence-corrected chi connectivity index (χ1v) is 9.79. The third-order valence-electron chi connectivity index (χ3n) is 4.90. The predicted octanol–water partition coefficient (Wildman–Crippen LogP) is 4.07. The Morgan fingerprint density at radius 2 is 1.97 bits per heavy atom. The fraction of sp³-hybridized carbons (Fsp3) is 0.217. The van der Waals surface area contributed by atoms with E-state index in [1.165, 1.54) is 0 Å². The smallest absolute Gasteiger partial charge is 0.224 e. The third kappa shape index (κ3) is 4.51. The lowest BCUT2D eigenvalue weighted by molar-refractivity contribution is -0.120. The van der Waals surface area contributed by atoms with Gasteiger partial charge in [0.2, 0.25) is 5.91 Å². The molecule has 0 fully saturated rings. The van der Waals surface area contributed by atoms with Crippen molar-refractivity contribution in [3.63, 3.8) is 0 Å². The normalized spacial score (nSPS) is 14.8. The van der Waals surface area contributed by atoms with Crippen LogP contribution in [0.1, 0.15) is 11.1 Å². The summed E-state index contributed by atoms with van der Waals surface area (Å²) in [4.78, 5) is 16.4. The lowest BCUT2D eigenvalue weighted by atomic mass is 10.0. The van der Waals surface area contributed by atoms with Crippen molar-refractivity contribution in [1.82, 2.24) is 10.3 Å². The number of nitrogens with zero attached hydrogens (tertiary/aromatic N) is 1. The Kier molecular flexibility index (Phi) is 5.67. The molecule has 0 aliphatic carbocycles. The van der Waals surface area contributed by atoms with E-state index in [9.17, 15) is 4.79 Å². The van der Waals surface area contributed by atoms with Crippen molar-refractivity contribution in [2.75, 3.05) is 13.7 Å². The van der Waals surface area contributed by atoms with Gasteiger partial charge >= 0.3 is 0 Å². The molecule has 1 unspecified atom stereocenters. The van der Waals surface area contributed by atoms with E-state index in [1.807, 2.05) is 48.5 Å². The van der Waals surface area contributed by atoms with Crippen LogP contribution in [0.4, 0.5) is 0 Å². The van der Waals surface area contributed by atoms with Gasteiger partial charge in [0, 0.05) is 35.0 Å². The van der Waals surface area contributed by atoms with E-state index in [0.29, 0.717) is 24.4 Å². The van der Waals surface area contributed by atoms with Crippen molar-refractivity contribution in [2.24, 2.45) is 0 Å². The van der Waals surface area contributed by atoms with Crippen LogP contribution in [0.15, 0.2) is 60.9 Å². The molecule has 1 aliphatic heterocycles. The first kappa shape index (κ1) is 19.3. The van der Waals surface area contributed by atoms with Crippen LogP contribution in [0, 0.1) is 0 Å². The van der Waals surface area contributed by atoms with Gasteiger partial charge in [-0.15, -0.1) is 0 Å². The maximum absolute atomic E-state index is 12.3. The van der Waals surface area contributed by atoms with E-state index in [0.717, 1.165) is 33.8 Å². The summed E-state index contributed by atoms with van der Waals surface area (Å²) >= 11 is 6.32. The molecule has 148 valence electrons. The summed E-state index contributed by atoms with van der Waals surface area (Å²) in [6.45, 7) is 0.442. The standard InChI is InChI=1S/C23H21ClN2O3/c1-28-19-4-2-15(3-5-19)10-22(27)26-14-20-12-17-11-18(24)13-21(23(17)29-20)16-6-8-25-9-7-16/h2-9,11,13,20H,10,12,14H2,1H3,(H,26,27). The average molecular weight is 409 g/mol. The molecule has 0 saturated carbocycles. The highest BCUT2D eigenvalue weighted by Crippen LogP contribution is 2.40. The summed E-state index contributed by atoms with van der Waals surface area (Å²) in [6.07, 6.45) is 4.39. The summed E-state index contributed by atoms with van der Waals surface area (Å²) in [5.74, 6) is 1.56. The second kappa shape index (κ2) is 8.53. The van der Waals surface area contributed by atoms with Gasteiger partial charge in [-0.25, -0.2) is 0 Å². The van der Waals surface area contributed by atoms with Crippen LogP contribution in [-0.4, -0.2) is 30.6 Å². The van der Waals surface area contributed by atoms with Gasteiger partial charge in [-0.05, 0) is 47.5 Å². The van der Waals surface area contributed by atoms with Crippen molar-refractivity contribution in [3.05, 3.63) is 77.1 Å². The molecule has 5 nitrogen and oxygen atoms in total. The number of hydrogen-bond acceptors (Lipinski definition) is 4. The Bertz CT molecular complexity index is 1010. The van der Waals surface area contributed by atoms with Gasteiger partial charge in [-0.3, -0.25) is 9.78 Å². The van der Waals surface area contributed by atoms with Gasteiger partial charge in [-0.1, -0.05) is 23.7 Å². The number of methoxy groups -OCH3 is 1. The van der Waals surface area contributed by atoms with Crippen LogP contribution in [0.3, 0.4) is 0 Å². The Labute approximate surface area is 174 Å². The summed E-state index contributed by atoms with van der Waals surface area (Å²) < 4.78 is 11.3. The van der Waals surface area contributed by atoms with E-state index in [2.05, 4.69) is 10.3 Å².